The smallest absolute Gasteiger partial charge is 0.314 e. The molecule has 0 aromatic heterocycles. The second-order valence-corrected chi connectivity index (χ2v) is 6.29. The van der Waals surface area contributed by atoms with Gasteiger partial charge in [-0.25, -0.2) is 0 Å². The van der Waals surface area contributed by atoms with Gasteiger partial charge in [-0.3, -0.25) is 14.4 Å². The average molecular weight is 279 g/mol. The van der Waals surface area contributed by atoms with Crippen LogP contribution in [0.2, 0.25) is 0 Å². The quantitative estimate of drug-likeness (QED) is 0.386. The van der Waals surface area contributed by atoms with Crippen molar-refractivity contribution in [1.29, 1.82) is 0 Å². The van der Waals surface area contributed by atoms with Gasteiger partial charge in [0, 0.05) is 11.8 Å². The first-order valence-electron chi connectivity index (χ1n) is 6.88. The molecular formula is C14H15O6-. The normalized spacial score (nSPS) is 37.8. The summed E-state index contributed by atoms with van der Waals surface area (Å²) in [6.45, 7) is 0. The Hall–Kier alpha value is -1.72. The summed E-state index contributed by atoms with van der Waals surface area (Å²) in [5, 5.41) is 10.3. The van der Waals surface area contributed by atoms with E-state index in [1.54, 1.807) is 0 Å². The highest BCUT2D eigenvalue weighted by Crippen LogP contribution is 2.55. The Kier molecular flexibility index (Phi) is 2.92. The number of rotatable bonds is 4. The number of aliphatic carboxylic acids is 1. The Morgan fingerprint density at radius 2 is 1.75 bits per heavy atom. The van der Waals surface area contributed by atoms with Gasteiger partial charge in [-0.15, -0.1) is 0 Å². The van der Waals surface area contributed by atoms with Crippen LogP contribution in [0.15, 0.2) is 0 Å². The molecule has 0 spiro atoms. The number of Topliss-reactive ketones (excluding diaryl/α,β-unsaturated/α-hetero) is 2. The molecule has 0 aromatic carbocycles. The van der Waals surface area contributed by atoms with Crippen LogP contribution in [-0.2, 0) is 23.9 Å². The van der Waals surface area contributed by atoms with E-state index in [2.05, 4.69) is 0 Å². The number of ketones is 2. The van der Waals surface area contributed by atoms with Crippen LogP contribution in [0.25, 0.3) is 0 Å². The number of carbonyl (C=O) groups excluding carboxylic acids is 4. The highest BCUT2D eigenvalue weighted by Gasteiger charge is 2.57. The van der Waals surface area contributed by atoms with E-state index < -0.39 is 29.7 Å². The lowest BCUT2D eigenvalue weighted by molar-refractivity contribution is -0.300. The molecule has 0 heterocycles. The lowest BCUT2D eigenvalue weighted by Gasteiger charge is -2.54. The summed E-state index contributed by atoms with van der Waals surface area (Å²) in [7, 11) is 0. The van der Waals surface area contributed by atoms with E-state index in [0.29, 0.717) is 18.8 Å². The minimum Gasteiger partial charge on any atom is -0.542 e. The van der Waals surface area contributed by atoms with Crippen molar-refractivity contribution in [1.82, 2.24) is 0 Å². The predicted octanol–water partition coefficient (Wildman–Crippen LogP) is -0.614. The third-order valence-corrected chi connectivity index (χ3v) is 4.80. The van der Waals surface area contributed by atoms with Crippen LogP contribution in [0.4, 0.5) is 0 Å². The van der Waals surface area contributed by atoms with Gasteiger partial charge in [-0.2, -0.15) is 0 Å². The molecule has 4 rings (SSSR count). The van der Waals surface area contributed by atoms with Gasteiger partial charge in [0.2, 0.25) is 0 Å². The molecule has 2 atom stereocenters. The molecule has 6 nitrogen and oxygen atoms in total. The van der Waals surface area contributed by atoms with Gasteiger partial charge in [0.1, 0.15) is 23.8 Å². The third-order valence-electron chi connectivity index (χ3n) is 4.80. The molecule has 4 aliphatic rings. The highest BCUT2D eigenvalue weighted by atomic mass is 16.6. The van der Waals surface area contributed by atoms with Gasteiger partial charge in [-0.1, -0.05) is 0 Å². The van der Waals surface area contributed by atoms with Crippen LogP contribution in [0.3, 0.4) is 0 Å². The lowest BCUT2D eigenvalue weighted by atomic mass is 9.53. The zero-order chi connectivity index (χ0) is 14.5. The van der Waals surface area contributed by atoms with Crippen molar-refractivity contribution in [3.05, 3.63) is 0 Å². The van der Waals surface area contributed by atoms with E-state index in [1.165, 1.54) is 0 Å². The molecule has 0 amide bonds. The van der Waals surface area contributed by atoms with Gasteiger partial charge in [0.15, 0.2) is 5.78 Å². The van der Waals surface area contributed by atoms with Crippen LogP contribution in [0.1, 0.15) is 38.5 Å². The number of hydrogen-bond acceptors (Lipinski definition) is 6. The number of carboxylic acid groups (broad SMARTS) is 1. The number of ether oxygens (including phenoxy) is 1. The Morgan fingerprint density at radius 1 is 1.15 bits per heavy atom. The van der Waals surface area contributed by atoms with Crippen molar-refractivity contribution in [2.45, 2.75) is 44.1 Å². The van der Waals surface area contributed by atoms with E-state index in [-0.39, 0.29) is 17.6 Å². The Labute approximate surface area is 115 Å². The summed E-state index contributed by atoms with van der Waals surface area (Å²) in [6.07, 6.45) is 2.70. The number of esters is 1. The minimum absolute atomic E-state index is 0.0362. The lowest BCUT2D eigenvalue weighted by Crippen LogP contribution is -2.57. The molecule has 0 saturated heterocycles. The van der Waals surface area contributed by atoms with Crippen molar-refractivity contribution in [3.8, 4) is 0 Å². The van der Waals surface area contributed by atoms with Crippen molar-refractivity contribution in [2.75, 3.05) is 0 Å². The van der Waals surface area contributed by atoms with Crippen LogP contribution in [0.5, 0.6) is 0 Å². The summed E-state index contributed by atoms with van der Waals surface area (Å²) in [4.78, 5) is 45.0. The summed E-state index contributed by atoms with van der Waals surface area (Å²) < 4.78 is 5.42. The van der Waals surface area contributed by atoms with Gasteiger partial charge in [0.05, 0.1) is 0 Å². The fraction of sp³-hybridized carbons (Fsp3) is 0.714. The van der Waals surface area contributed by atoms with Crippen LogP contribution in [0, 0.1) is 17.8 Å². The molecule has 0 radical (unpaired) electrons. The predicted molar refractivity (Wildman–Crippen MR) is 62.0 cm³/mol. The molecular weight excluding hydrogens is 264 g/mol. The standard InChI is InChI=1S/C14H16O6/c15-10(13(18)19)3-11(16)20-14-4-7-1-8(5-14)12(17)9(2-7)6-14/h7-9H,1-6H2,(H,18,19)/p-1. The number of hydrogen-bond donors (Lipinski definition) is 0. The first-order valence-corrected chi connectivity index (χ1v) is 6.88. The maximum absolute atomic E-state index is 12.0. The topological polar surface area (TPSA) is 101 Å². The molecule has 0 aliphatic heterocycles. The fourth-order valence-electron chi connectivity index (χ4n) is 4.28. The van der Waals surface area contributed by atoms with E-state index in [4.69, 9.17) is 4.74 Å². The Balaban J connectivity index is 1.68. The molecule has 0 N–H and O–H groups in total. The largest absolute Gasteiger partial charge is 0.542 e. The van der Waals surface area contributed by atoms with Crippen LogP contribution in [-0.4, -0.2) is 29.1 Å². The highest BCUT2D eigenvalue weighted by molar-refractivity contribution is 6.34. The van der Waals surface area contributed by atoms with E-state index >= 15 is 0 Å². The Bertz CT molecular complexity index is 490. The molecule has 4 bridgehead atoms. The van der Waals surface area contributed by atoms with Gasteiger partial charge in [0.25, 0.3) is 0 Å². The average Bonchev–Trinajstić information content (AvgIpc) is 2.33. The molecule has 2 unspecified atom stereocenters. The van der Waals surface area contributed by atoms with Gasteiger partial charge in [-0.05, 0) is 38.0 Å². The minimum atomic E-state index is -1.87. The summed E-state index contributed by atoms with van der Waals surface area (Å²) in [6, 6.07) is 0. The number of carbonyl (C=O) groups is 4. The number of carboxylic acids is 1. The van der Waals surface area contributed by atoms with Crippen molar-refractivity contribution in [3.63, 3.8) is 0 Å². The third kappa shape index (κ3) is 2.13. The fourth-order valence-corrected chi connectivity index (χ4v) is 4.28. The molecule has 0 aromatic rings. The van der Waals surface area contributed by atoms with E-state index in [1.807, 2.05) is 0 Å². The van der Waals surface area contributed by atoms with Crippen molar-refractivity contribution in [2.24, 2.45) is 17.8 Å². The summed E-state index contributed by atoms with van der Waals surface area (Å²) in [5.74, 6) is -3.36. The van der Waals surface area contributed by atoms with Crippen molar-refractivity contribution < 1.29 is 29.0 Å². The molecule has 108 valence electrons. The van der Waals surface area contributed by atoms with E-state index in [0.717, 1.165) is 19.3 Å². The summed E-state index contributed by atoms with van der Waals surface area (Å²) in [5.41, 5.74) is -0.659. The molecule has 20 heavy (non-hydrogen) atoms. The van der Waals surface area contributed by atoms with Gasteiger partial charge >= 0.3 is 5.97 Å². The second kappa shape index (κ2) is 4.40. The zero-order valence-corrected chi connectivity index (χ0v) is 10.9. The molecule has 6 heteroatoms. The molecule has 4 fully saturated rings. The monoisotopic (exact) mass is 279 g/mol. The van der Waals surface area contributed by atoms with E-state index in [9.17, 15) is 24.3 Å². The maximum atomic E-state index is 12.0. The van der Waals surface area contributed by atoms with Crippen LogP contribution >= 0.6 is 0 Å². The maximum Gasteiger partial charge on any atom is 0.314 e. The van der Waals surface area contributed by atoms with Crippen LogP contribution < -0.4 is 5.11 Å². The Morgan fingerprint density at radius 3 is 2.30 bits per heavy atom. The first kappa shape index (κ1) is 13.3. The molecule has 4 saturated carbocycles. The summed E-state index contributed by atoms with van der Waals surface area (Å²) >= 11 is 0. The van der Waals surface area contributed by atoms with Gasteiger partial charge < -0.3 is 14.6 Å². The zero-order valence-electron chi connectivity index (χ0n) is 10.9. The van der Waals surface area contributed by atoms with Crippen molar-refractivity contribution >= 4 is 23.5 Å². The SMILES string of the molecule is O=C(CC(=O)C(=O)[O-])OC12CC3CC(C1)C(=O)C(C3)C2. The second-order valence-electron chi connectivity index (χ2n) is 6.29. The molecule has 4 aliphatic carbocycles. The first-order chi connectivity index (χ1) is 9.38.